The van der Waals surface area contributed by atoms with Crippen molar-refractivity contribution in [3.63, 3.8) is 0 Å². The van der Waals surface area contributed by atoms with Crippen molar-refractivity contribution >= 4 is 5.78 Å². The third kappa shape index (κ3) is 7.07. The molecule has 0 aliphatic heterocycles. The molecule has 1 N–H and O–H groups in total. The lowest BCUT2D eigenvalue weighted by atomic mass is 9.92. The smallest absolute Gasteiger partial charge is 0.132 e. The summed E-state index contributed by atoms with van der Waals surface area (Å²) in [7, 11) is 0. The second-order valence-corrected chi connectivity index (χ2v) is 4.02. The molecule has 0 rings (SSSR count). The van der Waals surface area contributed by atoms with Gasteiger partial charge in [0.2, 0.25) is 0 Å². The minimum Gasteiger partial charge on any atom is -0.396 e. The maximum Gasteiger partial charge on any atom is 0.132 e. The van der Waals surface area contributed by atoms with Crippen LogP contribution in [0.1, 0.15) is 58.8 Å². The molecule has 0 spiro atoms. The van der Waals surface area contributed by atoms with E-state index in [1.807, 2.05) is 0 Å². The van der Waals surface area contributed by atoms with Crippen molar-refractivity contribution in [2.45, 2.75) is 58.8 Å². The Kier molecular flexibility index (Phi) is 8.95. The van der Waals surface area contributed by atoms with Crippen molar-refractivity contribution in [2.75, 3.05) is 6.61 Å². The van der Waals surface area contributed by atoms with E-state index in [1.165, 1.54) is 19.3 Å². The number of rotatable bonds is 9. The quantitative estimate of drug-likeness (QED) is 0.581. The first-order valence-corrected chi connectivity index (χ1v) is 5.83. The number of ketones is 1. The third-order valence-corrected chi connectivity index (χ3v) is 2.69. The van der Waals surface area contributed by atoms with E-state index in [1.54, 1.807) is 6.92 Å². The number of hydrogen-bond donors (Lipinski definition) is 1. The summed E-state index contributed by atoms with van der Waals surface area (Å²) in [5.74, 6) is 0.562. The van der Waals surface area contributed by atoms with Gasteiger partial charge in [0.05, 0.1) is 0 Å². The molecule has 0 aromatic carbocycles. The van der Waals surface area contributed by atoms with Crippen LogP contribution < -0.4 is 0 Å². The molecule has 0 bridgehead atoms. The molecule has 14 heavy (non-hydrogen) atoms. The fraction of sp³-hybridized carbons (Fsp3) is 0.917. The number of carbonyl (C=O) groups excluding carboxylic acids is 1. The van der Waals surface area contributed by atoms with E-state index in [0.717, 1.165) is 25.7 Å². The minimum atomic E-state index is 0.244. The molecule has 0 aromatic rings. The largest absolute Gasteiger partial charge is 0.396 e. The van der Waals surface area contributed by atoms with Gasteiger partial charge in [-0.3, -0.25) is 4.79 Å². The van der Waals surface area contributed by atoms with Crippen LogP contribution in [0.25, 0.3) is 0 Å². The Hall–Kier alpha value is -0.370. The highest BCUT2D eigenvalue weighted by Gasteiger charge is 2.12. The molecule has 0 saturated heterocycles. The Labute approximate surface area is 87.7 Å². The highest BCUT2D eigenvalue weighted by atomic mass is 16.2. The van der Waals surface area contributed by atoms with E-state index in [-0.39, 0.29) is 12.5 Å². The van der Waals surface area contributed by atoms with Gasteiger partial charge in [0.25, 0.3) is 0 Å². The van der Waals surface area contributed by atoms with Gasteiger partial charge in [-0.15, -0.1) is 0 Å². The van der Waals surface area contributed by atoms with Crippen LogP contribution in [0, 0.1) is 5.92 Å². The van der Waals surface area contributed by atoms with Gasteiger partial charge >= 0.3 is 0 Å². The van der Waals surface area contributed by atoms with E-state index in [2.05, 4.69) is 6.92 Å². The van der Waals surface area contributed by atoms with Crippen LogP contribution in [0.2, 0.25) is 0 Å². The van der Waals surface area contributed by atoms with Crippen molar-refractivity contribution in [3.8, 4) is 0 Å². The van der Waals surface area contributed by atoms with E-state index in [4.69, 9.17) is 5.11 Å². The van der Waals surface area contributed by atoms with Crippen LogP contribution >= 0.6 is 0 Å². The second-order valence-electron chi connectivity index (χ2n) is 4.02. The summed E-state index contributed by atoms with van der Waals surface area (Å²) in [6, 6.07) is 0. The van der Waals surface area contributed by atoms with Crippen molar-refractivity contribution in [1.29, 1.82) is 0 Å². The highest BCUT2D eigenvalue weighted by molar-refractivity contribution is 5.78. The number of carbonyl (C=O) groups is 1. The average molecular weight is 200 g/mol. The number of aliphatic hydroxyl groups is 1. The maximum absolute atomic E-state index is 11.3. The number of hydrogen-bond acceptors (Lipinski definition) is 2. The fourth-order valence-corrected chi connectivity index (χ4v) is 1.69. The lowest BCUT2D eigenvalue weighted by molar-refractivity contribution is -0.121. The Balaban J connectivity index is 3.61. The summed E-state index contributed by atoms with van der Waals surface area (Å²) in [6.45, 7) is 4.11. The van der Waals surface area contributed by atoms with E-state index in [0.29, 0.717) is 5.78 Å². The Bertz CT molecular complexity index is 133. The zero-order valence-electron chi connectivity index (χ0n) is 9.59. The number of aliphatic hydroxyl groups excluding tert-OH is 1. The van der Waals surface area contributed by atoms with Crippen LogP contribution in [0.3, 0.4) is 0 Å². The molecule has 2 heteroatoms. The summed E-state index contributed by atoms with van der Waals surface area (Å²) in [4.78, 5) is 11.3. The average Bonchev–Trinajstić information content (AvgIpc) is 2.15. The summed E-state index contributed by atoms with van der Waals surface area (Å²) in [5.41, 5.74) is 0. The molecule has 0 aromatic heterocycles. The Morgan fingerprint density at radius 2 is 1.71 bits per heavy atom. The lowest BCUT2D eigenvalue weighted by Gasteiger charge is -2.12. The number of Topliss-reactive ketones (excluding diaryl/α,β-unsaturated/α-hetero) is 1. The van der Waals surface area contributed by atoms with Crippen molar-refractivity contribution in [2.24, 2.45) is 5.92 Å². The van der Waals surface area contributed by atoms with Gasteiger partial charge in [0.15, 0.2) is 0 Å². The van der Waals surface area contributed by atoms with Gasteiger partial charge < -0.3 is 5.11 Å². The van der Waals surface area contributed by atoms with Gasteiger partial charge in [-0.2, -0.15) is 0 Å². The van der Waals surface area contributed by atoms with Crippen LogP contribution in [0.15, 0.2) is 0 Å². The van der Waals surface area contributed by atoms with Gasteiger partial charge in [0.1, 0.15) is 5.78 Å². The normalized spacial score (nSPS) is 12.8. The molecule has 0 amide bonds. The van der Waals surface area contributed by atoms with E-state index >= 15 is 0 Å². The molecule has 0 fully saturated rings. The Morgan fingerprint density at radius 1 is 1.14 bits per heavy atom. The maximum atomic E-state index is 11.3. The summed E-state index contributed by atoms with van der Waals surface area (Å²) in [6.07, 6.45) is 7.41. The first kappa shape index (κ1) is 13.6. The molecule has 84 valence electrons. The van der Waals surface area contributed by atoms with Crippen LogP contribution in [0.4, 0.5) is 0 Å². The predicted octanol–water partition coefficient (Wildman–Crippen LogP) is 2.93. The summed E-state index contributed by atoms with van der Waals surface area (Å²) < 4.78 is 0. The summed E-state index contributed by atoms with van der Waals surface area (Å²) >= 11 is 0. The molecular weight excluding hydrogens is 176 g/mol. The molecule has 1 unspecified atom stereocenters. The zero-order chi connectivity index (χ0) is 10.8. The lowest BCUT2D eigenvalue weighted by Crippen LogP contribution is -2.11. The summed E-state index contributed by atoms with van der Waals surface area (Å²) in [5, 5.41) is 8.65. The number of unbranched alkanes of at least 4 members (excludes halogenated alkanes) is 3. The van der Waals surface area contributed by atoms with Gasteiger partial charge in [-0.25, -0.2) is 0 Å². The SMILES string of the molecule is CCCCCC(CCCCO)C(C)=O. The molecule has 2 nitrogen and oxygen atoms in total. The van der Waals surface area contributed by atoms with Gasteiger partial charge in [-0.05, 0) is 26.2 Å². The molecule has 0 radical (unpaired) electrons. The van der Waals surface area contributed by atoms with Crippen molar-refractivity contribution in [1.82, 2.24) is 0 Å². The Morgan fingerprint density at radius 3 is 2.14 bits per heavy atom. The first-order valence-electron chi connectivity index (χ1n) is 5.83. The van der Waals surface area contributed by atoms with Gasteiger partial charge in [0, 0.05) is 12.5 Å². The molecule has 0 aliphatic carbocycles. The topological polar surface area (TPSA) is 37.3 Å². The monoisotopic (exact) mass is 200 g/mol. The molecule has 0 saturated carbocycles. The molecule has 0 heterocycles. The minimum absolute atomic E-state index is 0.244. The molecule has 1 atom stereocenters. The van der Waals surface area contributed by atoms with Gasteiger partial charge in [-0.1, -0.05) is 32.6 Å². The standard InChI is InChI=1S/C12H24O2/c1-3-4-5-8-12(11(2)14)9-6-7-10-13/h12-13H,3-10H2,1-2H3. The van der Waals surface area contributed by atoms with Crippen LogP contribution in [0.5, 0.6) is 0 Å². The fourth-order valence-electron chi connectivity index (χ4n) is 1.69. The predicted molar refractivity (Wildman–Crippen MR) is 59.2 cm³/mol. The highest BCUT2D eigenvalue weighted by Crippen LogP contribution is 2.17. The first-order chi connectivity index (χ1) is 6.72. The third-order valence-electron chi connectivity index (χ3n) is 2.69. The van der Waals surface area contributed by atoms with E-state index < -0.39 is 0 Å². The van der Waals surface area contributed by atoms with Crippen LogP contribution in [-0.4, -0.2) is 17.5 Å². The second kappa shape index (κ2) is 9.20. The zero-order valence-corrected chi connectivity index (χ0v) is 9.59. The van der Waals surface area contributed by atoms with E-state index in [9.17, 15) is 4.79 Å². The van der Waals surface area contributed by atoms with Crippen LogP contribution in [-0.2, 0) is 4.79 Å². The molecule has 0 aliphatic rings. The van der Waals surface area contributed by atoms with Crippen molar-refractivity contribution in [3.05, 3.63) is 0 Å². The van der Waals surface area contributed by atoms with Crippen molar-refractivity contribution < 1.29 is 9.90 Å². The molecular formula is C12H24O2.